The molecule has 104 valence electrons. The minimum absolute atomic E-state index is 0.191. The molecule has 0 saturated heterocycles. The van der Waals surface area contributed by atoms with Gasteiger partial charge in [0.2, 0.25) is 0 Å². The van der Waals surface area contributed by atoms with E-state index < -0.39 is 0 Å². The monoisotopic (exact) mass is 288 g/mol. The molecule has 0 spiro atoms. The fourth-order valence-corrected chi connectivity index (χ4v) is 2.16. The van der Waals surface area contributed by atoms with E-state index in [4.69, 9.17) is 17.3 Å². The number of rotatable bonds is 2. The lowest BCUT2D eigenvalue weighted by atomic mass is 10.1. The summed E-state index contributed by atoms with van der Waals surface area (Å²) >= 11 is 6.05. The molecule has 0 fully saturated rings. The van der Waals surface area contributed by atoms with Gasteiger partial charge in [0, 0.05) is 22.0 Å². The fraction of sp³-hybridized carbons (Fsp3) is 0.188. The van der Waals surface area contributed by atoms with E-state index in [0.717, 1.165) is 22.4 Å². The zero-order chi connectivity index (χ0) is 14.9. The molecule has 0 aliphatic rings. The summed E-state index contributed by atoms with van der Waals surface area (Å²) < 4.78 is 0. The highest BCUT2D eigenvalue weighted by molar-refractivity contribution is 6.31. The van der Waals surface area contributed by atoms with Gasteiger partial charge in [0.15, 0.2) is 0 Å². The van der Waals surface area contributed by atoms with Crippen LogP contribution in [0.15, 0.2) is 30.3 Å². The number of aryl methyl sites for hydroxylation is 2. The van der Waals surface area contributed by atoms with Gasteiger partial charge in [0.25, 0.3) is 5.91 Å². The molecule has 2 aromatic rings. The number of nitrogen functional groups attached to an aromatic ring is 1. The standard InChI is InChI=1S/C16H17ClN2O/c1-9-4-6-12(8-13(9)17)16(20)19-15-10(2)5-7-14(18)11(15)3/h4-8H,18H2,1-3H3,(H,19,20). The van der Waals surface area contributed by atoms with Crippen molar-refractivity contribution < 1.29 is 4.79 Å². The number of nitrogens with two attached hydrogens (primary N) is 1. The van der Waals surface area contributed by atoms with Crippen LogP contribution in [0.3, 0.4) is 0 Å². The second-order valence-electron chi connectivity index (χ2n) is 4.89. The van der Waals surface area contributed by atoms with E-state index in [1.807, 2.05) is 39.0 Å². The second-order valence-corrected chi connectivity index (χ2v) is 5.30. The normalized spacial score (nSPS) is 10.4. The number of hydrogen-bond donors (Lipinski definition) is 2. The van der Waals surface area contributed by atoms with Gasteiger partial charge >= 0.3 is 0 Å². The first-order chi connectivity index (χ1) is 9.40. The van der Waals surface area contributed by atoms with Crippen molar-refractivity contribution in [3.8, 4) is 0 Å². The Labute approximate surface area is 123 Å². The number of nitrogens with one attached hydrogen (secondary N) is 1. The average Bonchev–Trinajstić information content (AvgIpc) is 2.42. The molecular formula is C16H17ClN2O. The number of amides is 1. The Hall–Kier alpha value is -2.00. The second kappa shape index (κ2) is 5.55. The maximum atomic E-state index is 12.3. The van der Waals surface area contributed by atoms with Crippen LogP contribution in [0.1, 0.15) is 27.0 Å². The summed E-state index contributed by atoms with van der Waals surface area (Å²) in [5.74, 6) is -0.191. The molecule has 1 amide bonds. The van der Waals surface area contributed by atoms with Gasteiger partial charge in [-0.25, -0.2) is 0 Å². The maximum absolute atomic E-state index is 12.3. The summed E-state index contributed by atoms with van der Waals surface area (Å²) in [5, 5.41) is 3.49. The number of benzene rings is 2. The topological polar surface area (TPSA) is 55.1 Å². The summed E-state index contributed by atoms with van der Waals surface area (Å²) in [5.41, 5.74) is 10.6. The summed E-state index contributed by atoms with van der Waals surface area (Å²) in [6.07, 6.45) is 0. The smallest absolute Gasteiger partial charge is 0.255 e. The maximum Gasteiger partial charge on any atom is 0.255 e. The van der Waals surface area contributed by atoms with E-state index >= 15 is 0 Å². The molecule has 0 heterocycles. The number of halogens is 1. The van der Waals surface area contributed by atoms with E-state index in [1.54, 1.807) is 12.1 Å². The van der Waals surface area contributed by atoms with Crippen molar-refractivity contribution in [2.45, 2.75) is 20.8 Å². The third kappa shape index (κ3) is 2.78. The lowest BCUT2D eigenvalue weighted by molar-refractivity contribution is 0.102. The Morgan fingerprint density at radius 3 is 2.40 bits per heavy atom. The zero-order valence-corrected chi connectivity index (χ0v) is 12.5. The first-order valence-electron chi connectivity index (χ1n) is 6.33. The fourth-order valence-electron chi connectivity index (χ4n) is 1.98. The van der Waals surface area contributed by atoms with Crippen LogP contribution in [0.2, 0.25) is 5.02 Å². The van der Waals surface area contributed by atoms with Crippen LogP contribution in [0.4, 0.5) is 11.4 Å². The largest absolute Gasteiger partial charge is 0.398 e. The van der Waals surface area contributed by atoms with Crippen LogP contribution < -0.4 is 11.1 Å². The quantitative estimate of drug-likeness (QED) is 0.818. The Kier molecular flexibility index (Phi) is 4.00. The number of carbonyl (C=O) groups is 1. The number of carbonyl (C=O) groups excluding carboxylic acids is 1. The van der Waals surface area contributed by atoms with Crippen LogP contribution in [-0.4, -0.2) is 5.91 Å². The van der Waals surface area contributed by atoms with Crippen molar-refractivity contribution >= 4 is 28.9 Å². The van der Waals surface area contributed by atoms with Crippen LogP contribution >= 0.6 is 11.6 Å². The first-order valence-corrected chi connectivity index (χ1v) is 6.71. The Bertz CT molecular complexity index is 680. The summed E-state index contributed by atoms with van der Waals surface area (Å²) in [4.78, 5) is 12.3. The van der Waals surface area contributed by atoms with Gasteiger partial charge in [-0.05, 0) is 55.7 Å². The third-order valence-electron chi connectivity index (χ3n) is 3.39. The predicted molar refractivity (Wildman–Crippen MR) is 84.5 cm³/mol. The molecule has 0 atom stereocenters. The zero-order valence-electron chi connectivity index (χ0n) is 11.8. The van der Waals surface area contributed by atoms with Gasteiger partial charge in [-0.2, -0.15) is 0 Å². The lowest BCUT2D eigenvalue weighted by Crippen LogP contribution is -2.14. The van der Waals surface area contributed by atoms with Crippen LogP contribution in [0.25, 0.3) is 0 Å². The average molecular weight is 289 g/mol. The molecule has 0 aromatic heterocycles. The number of anilines is 2. The molecule has 0 unspecified atom stereocenters. The highest BCUT2D eigenvalue weighted by Crippen LogP contribution is 2.26. The van der Waals surface area contributed by atoms with Crippen molar-refractivity contribution in [3.63, 3.8) is 0 Å². The molecule has 4 heteroatoms. The van der Waals surface area contributed by atoms with Crippen LogP contribution in [-0.2, 0) is 0 Å². The first kappa shape index (κ1) is 14.4. The van der Waals surface area contributed by atoms with E-state index in [0.29, 0.717) is 16.3 Å². The molecule has 0 bridgehead atoms. The summed E-state index contributed by atoms with van der Waals surface area (Å²) in [6.45, 7) is 5.72. The van der Waals surface area contributed by atoms with E-state index in [1.165, 1.54) is 0 Å². The molecule has 3 nitrogen and oxygen atoms in total. The van der Waals surface area contributed by atoms with Gasteiger partial charge in [-0.15, -0.1) is 0 Å². The van der Waals surface area contributed by atoms with Crippen LogP contribution in [0.5, 0.6) is 0 Å². The van der Waals surface area contributed by atoms with Crippen molar-refractivity contribution in [2.24, 2.45) is 0 Å². The molecular weight excluding hydrogens is 272 g/mol. The SMILES string of the molecule is Cc1ccc(C(=O)Nc2c(C)ccc(N)c2C)cc1Cl. The third-order valence-corrected chi connectivity index (χ3v) is 3.79. The van der Waals surface area contributed by atoms with E-state index in [-0.39, 0.29) is 5.91 Å². The van der Waals surface area contributed by atoms with Gasteiger partial charge in [-0.1, -0.05) is 23.7 Å². The molecule has 20 heavy (non-hydrogen) atoms. The minimum Gasteiger partial charge on any atom is -0.398 e. The van der Waals surface area contributed by atoms with Gasteiger partial charge < -0.3 is 11.1 Å². The molecule has 0 saturated carbocycles. The molecule has 2 aromatic carbocycles. The highest BCUT2D eigenvalue weighted by Gasteiger charge is 2.12. The van der Waals surface area contributed by atoms with E-state index in [2.05, 4.69) is 5.32 Å². The van der Waals surface area contributed by atoms with E-state index in [9.17, 15) is 4.79 Å². The van der Waals surface area contributed by atoms with Gasteiger partial charge in [0.05, 0.1) is 0 Å². The summed E-state index contributed by atoms with van der Waals surface area (Å²) in [7, 11) is 0. The van der Waals surface area contributed by atoms with Crippen molar-refractivity contribution in [3.05, 3.63) is 57.6 Å². The molecule has 0 aliphatic heterocycles. The van der Waals surface area contributed by atoms with Crippen molar-refractivity contribution in [1.29, 1.82) is 0 Å². The van der Waals surface area contributed by atoms with Crippen molar-refractivity contribution in [2.75, 3.05) is 11.1 Å². The Morgan fingerprint density at radius 2 is 1.75 bits per heavy atom. The highest BCUT2D eigenvalue weighted by atomic mass is 35.5. The Balaban J connectivity index is 2.32. The van der Waals surface area contributed by atoms with Gasteiger partial charge in [0.1, 0.15) is 0 Å². The van der Waals surface area contributed by atoms with Crippen LogP contribution in [0, 0.1) is 20.8 Å². The molecule has 0 radical (unpaired) electrons. The van der Waals surface area contributed by atoms with Crippen molar-refractivity contribution in [1.82, 2.24) is 0 Å². The minimum atomic E-state index is -0.191. The summed E-state index contributed by atoms with van der Waals surface area (Å²) in [6, 6.07) is 8.98. The molecule has 0 aliphatic carbocycles. The lowest BCUT2D eigenvalue weighted by Gasteiger charge is -2.13. The Morgan fingerprint density at radius 1 is 1.10 bits per heavy atom. The number of hydrogen-bond acceptors (Lipinski definition) is 2. The van der Waals surface area contributed by atoms with Gasteiger partial charge in [-0.3, -0.25) is 4.79 Å². The molecule has 2 rings (SSSR count). The predicted octanol–water partition coefficient (Wildman–Crippen LogP) is 4.10. The molecule has 3 N–H and O–H groups in total.